The van der Waals surface area contributed by atoms with Crippen LogP contribution < -0.4 is 10.5 Å². The molecule has 1 atom stereocenters. The molecule has 96 valence electrons. The van der Waals surface area contributed by atoms with Crippen LogP contribution >= 0.6 is 0 Å². The molecule has 1 aromatic carbocycles. The van der Waals surface area contributed by atoms with E-state index in [1.165, 1.54) is 0 Å². The van der Waals surface area contributed by atoms with Crippen LogP contribution in [0.1, 0.15) is 6.42 Å². The third-order valence-corrected chi connectivity index (χ3v) is 2.61. The third kappa shape index (κ3) is 3.23. The molecular formula is C13H18N4O. The van der Waals surface area contributed by atoms with E-state index in [0.717, 1.165) is 11.6 Å². The Balaban J connectivity index is 1.98. The van der Waals surface area contributed by atoms with Crippen molar-refractivity contribution >= 4 is 11.7 Å². The quantitative estimate of drug-likeness (QED) is 0.869. The maximum atomic E-state index is 5.81. The van der Waals surface area contributed by atoms with Crippen molar-refractivity contribution in [3.05, 3.63) is 30.3 Å². The van der Waals surface area contributed by atoms with E-state index < -0.39 is 0 Å². The molecular weight excluding hydrogens is 228 g/mol. The van der Waals surface area contributed by atoms with Gasteiger partial charge in [-0.25, -0.2) is 9.98 Å². The van der Waals surface area contributed by atoms with Crippen LogP contribution in [0.15, 0.2) is 40.3 Å². The summed E-state index contributed by atoms with van der Waals surface area (Å²) in [6.07, 6.45) is 0.353. The van der Waals surface area contributed by atoms with Gasteiger partial charge in [0, 0.05) is 14.1 Å². The molecule has 1 aliphatic rings. The zero-order valence-corrected chi connectivity index (χ0v) is 10.7. The molecule has 5 nitrogen and oxygen atoms in total. The molecule has 0 spiro atoms. The summed E-state index contributed by atoms with van der Waals surface area (Å²) >= 11 is 0. The molecule has 5 heteroatoms. The average molecular weight is 246 g/mol. The van der Waals surface area contributed by atoms with Gasteiger partial charge in [0.05, 0.1) is 6.42 Å². The lowest BCUT2D eigenvalue weighted by Gasteiger charge is -2.22. The van der Waals surface area contributed by atoms with Crippen LogP contribution in [0.4, 0.5) is 0 Å². The molecule has 0 aliphatic carbocycles. The summed E-state index contributed by atoms with van der Waals surface area (Å²) in [5, 5.41) is 0. The maximum absolute atomic E-state index is 5.81. The molecule has 2 rings (SSSR count). The Morgan fingerprint density at radius 1 is 1.28 bits per heavy atom. The standard InChI is InChI=1S/C13H18N4O/c1-17(2)13-8-11(14)15-12(16-13)9-18-10-6-4-3-5-7-10/h3-7,12H,8-9H2,1-2H3,(H2,14,15). The number of nitrogens with zero attached hydrogens (tertiary/aromatic N) is 3. The SMILES string of the molecule is CN(C)C1=NC(COc2ccccc2)N=C(N)C1. The van der Waals surface area contributed by atoms with Gasteiger partial charge in [-0.1, -0.05) is 18.2 Å². The molecule has 2 N–H and O–H groups in total. The second-order valence-electron chi connectivity index (χ2n) is 4.34. The normalized spacial score (nSPS) is 18.9. The van der Waals surface area contributed by atoms with Gasteiger partial charge in [-0.3, -0.25) is 0 Å². The summed E-state index contributed by atoms with van der Waals surface area (Å²) in [6.45, 7) is 0.405. The van der Waals surface area contributed by atoms with Gasteiger partial charge in [0.2, 0.25) is 0 Å². The van der Waals surface area contributed by atoms with Gasteiger partial charge in [0.25, 0.3) is 0 Å². The number of rotatable bonds is 3. The highest BCUT2D eigenvalue weighted by Gasteiger charge is 2.17. The Morgan fingerprint density at radius 3 is 2.67 bits per heavy atom. The number of ether oxygens (including phenoxy) is 1. The number of nitrogens with two attached hydrogens (primary N) is 1. The zero-order chi connectivity index (χ0) is 13.0. The summed E-state index contributed by atoms with van der Waals surface area (Å²) in [5.41, 5.74) is 5.81. The molecule has 18 heavy (non-hydrogen) atoms. The Kier molecular flexibility index (Phi) is 3.82. The Bertz CT molecular complexity index is 453. The van der Waals surface area contributed by atoms with Crippen molar-refractivity contribution in [3.8, 4) is 5.75 Å². The van der Waals surface area contributed by atoms with E-state index in [9.17, 15) is 0 Å². The van der Waals surface area contributed by atoms with E-state index in [1.807, 2.05) is 49.3 Å². The Morgan fingerprint density at radius 2 is 2.00 bits per heavy atom. The van der Waals surface area contributed by atoms with Crippen molar-refractivity contribution < 1.29 is 4.74 Å². The minimum atomic E-state index is -0.253. The van der Waals surface area contributed by atoms with Crippen molar-refractivity contribution in [1.82, 2.24) is 4.90 Å². The molecule has 0 fully saturated rings. The Hall–Kier alpha value is -2.04. The minimum absolute atomic E-state index is 0.253. The van der Waals surface area contributed by atoms with Gasteiger partial charge in [-0.05, 0) is 12.1 Å². The highest BCUT2D eigenvalue weighted by atomic mass is 16.5. The van der Waals surface area contributed by atoms with E-state index >= 15 is 0 Å². The number of para-hydroxylation sites is 1. The molecule has 0 aromatic heterocycles. The fraction of sp³-hybridized carbons (Fsp3) is 0.385. The minimum Gasteiger partial charge on any atom is -0.489 e. The second-order valence-corrected chi connectivity index (χ2v) is 4.34. The molecule has 0 amide bonds. The molecule has 1 aliphatic heterocycles. The summed E-state index contributed by atoms with van der Waals surface area (Å²) in [5.74, 6) is 2.36. The maximum Gasteiger partial charge on any atom is 0.177 e. The molecule has 0 saturated carbocycles. The van der Waals surface area contributed by atoms with Crippen LogP contribution in [-0.2, 0) is 0 Å². The molecule has 1 unspecified atom stereocenters. The third-order valence-electron chi connectivity index (χ3n) is 2.61. The number of hydrogen-bond donors (Lipinski definition) is 1. The monoisotopic (exact) mass is 246 g/mol. The first-order valence-corrected chi connectivity index (χ1v) is 5.89. The van der Waals surface area contributed by atoms with Gasteiger partial charge in [-0.2, -0.15) is 0 Å². The van der Waals surface area contributed by atoms with E-state index in [4.69, 9.17) is 10.5 Å². The van der Waals surface area contributed by atoms with Gasteiger partial charge >= 0.3 is 0 Å². The molecule has 0 radical (unpaired) electrons. The fourth-order valence-corrected chi connectivity index (χ4v) is 1.68. The van der Waals surface area contributed by atoms with Gasteiger partial charge in [-0.15, -0.1) is 0 Å². The molecule has 1 aromatic rings. The van der Waals surface area contributed by atoms with Gasteiger partial charge < -0.3 is 15.4 Å². The van der Waals surface area contributed by atoms with Gasteiger partial charge in [0.15, 0.2) is 6.17 Å². The van der Waals surface area contributed by atoms with Crippen LogP contribution in [0.25, 0.3) is 0 Å². The van der Waals surface area contributed by atoms with Crippen molar-refractivity contribution in [1.29, 1.82) is 0 Å². The lowest BCUT2D eigenvalue weighted by molar-refractivity contribution is 0.291. The van der Waals surface area contributed by atoms with Crippen molar-refractivity contribution in [2.24, 2.45) is 15.7 Å². The van der Waals surface area contributed by atoms with Crippen LogP contribution in [0.3, 0.4) is 0 Å². The van der Waals surface area contributed by atoms with E-state index in [1.54, 1.807) is 0 Å². The summed E-state index contributed by atoms with van der Waals surface area (Å²) < 4.78 is 5.63. The first-order chi connectivity index (χ1) is 8.65. The van der Waals surface area contributed by atoms with Crippen LogP contribution in [0.2, 0.25) is 0 Å². The predicted octanol–water partition coefficient (Wildman–Crippen LogP) is 1.11. The van der Waals surface area contributed by atoms with Crippen molar-refractivity contribution in [3.63, 3.8) is 0 Å². The lowest BCUT2D eigenvalue weighted by atomic mass is 10.3. The number of hydrogen-bond acceptors (Lipinski definition) is 5. The fourth-order valence-electron chi connectivity index (χ4n) is 1.68. The Labute approximate surface area is 107 Å². The van der Waals surface area contributed by atoms with Crippen molar-refractivity contribution in [2.45, 2.75) is 12.6 Å². The predicted molar refractivity (Wildman–Crippen MR) is 73.1 cm³/mol. The van der Waals surface area contributed by atoms with E-state index in [2.05, 4.69) is 9.98 Å². The lowest BCUT2D eigenvalue weighted by Crippen LogP contribution is -2.35. The van der Waals surface area contributed by atoms with E-state index in [-0.39, 0.29) is 6.17 Å². The second kappa shape index (κ2) is 5.53. The molecule has 0 saturated heterocycles. The summed E-state index contributed by atoms with van der Waals surface area (Å²) in [7, 11) is 3.90. The zero-order valence-electron chi connectivity index (χ0n) is 10.7. The number of aliphatic imine (C=N–C) groups is 2. The molecule has 0 bridgehead atoms. The smallest absolute Gasteiger partial charge is 0.177 e. The molecule has 1 heterocycles. The highest BCUT2D eigenvalue weighted by Crippen LogP contribution is 2.12. The van der Waals surface area contributed by atoms with Crippen LogP contribution in [0, 0.1) is 0 Å². The first-order valence-electron chi connectivity index (χ1n) is 5.89. The summed E-state index contributed by atoms with van der Waals surface area (Å²) in [6, 6.07) is 9.63. The topological polar surface area (TPSA) is 63.2 Å². The van der Waals surface area contributed by atoms with E-state index in [0.29, 0.717) is 18.9 Å². The number of amidine groups is 2. The number of benzene rings is 1. The van der Waals surface area contributed by atoms with Crippen LogP contribution in [0.5, 0.6) is 5.75 Å². The summed E-state index contributed by atoms with van der Waals surface area (Å²) in [4.78, 5) is 10.7. The largest absolute Gasteiger partial charge is 0.489 e. The van der Waals surface area contributed by atoms with Crippen LogP contribution in [-0.4, -0.2) is 43.4 Å². The van der Waals surface area contributed by atoms with Gasteiger partial charge in [0.1, 0.15) is 24.0 Å². The highest BCUT2D eigenvalue weighted by molar-refractivity contribution is 6.02. The van der Waals surface area contributed by atoms with Crippen molar-refractivity contribution in [2.75, 3.05) is 20.7 Å². The average Bonchev–Trinajstić information content (AvgIpc) is 2.37. The first kappa shape index (κ1) is 12.4.